The Morgan fingerprint density at radius 2 is 1.79 bits per heavy atom. The van der Waals surface area contributed by atoms with Crippen LogP contribution in [0.2, 0.25) is 0 Å². The predicted molar refractivity (Wildman–Crippen MR) is 142 cm³/mol. The lowest BCUT2D eigenvalue weighted by atomic mass is 9.80. The lowest BCUT2D eigenvalue weighted by molar-refractivity contribution is -0.916. The number of benzene rings is 2. The maximum Gasteiger partial charge on any atom is 0.227 e. The van der Waals surface area contributed by atoms with Crippen molar-refractivity contribution in [3.8, 4) is 17.0 Å². The molecule has 38 heavy (non-hydrogen) atoms. The third kappa shape index (κ3) is 6.06. The molecule has 0 saturated carbocycles. The fourth-order valence-electron chi connectivity index (χ4n) is 5.32. The Morgan fingerprint density at radius 3 is 2.45 bits per heavy atom. The molecule has 0 radical (unpaired) electrons. The number of quaternary nitrogens is 1. The summed E-state index contributed by atoms with van der Waals surface area (Å²) in [5, 5.41) is 17.2. The molecule has 1 aliphatic heterocycles. The zero-order valence-corrected chi connectivity index (χ0v) is 22.4. The molecule has 0 spiro atoms. The molecule has 1 N–H and O–H groups in total. The molecule has 2 heterocycles. The number of hydrogen-bond donors (Lipinski definition) is 1. The Kier molecular flexibility index (Phi) is 7.78. The molecule has 3 aromatic rings. The fourth-order valence-corrected chi connectivity index (χ4v) is 6.06. The Bertz CT molecular complexity index is 1260. The topological polar surface area (TPSA) is 101 Å². The molecule has 9 heteroatoms. The van der Waals surface area contributed by atoms with Crippen LogP contribution in [-0.2, 0) is 33.7 Å². The smallest absolute Gasteiger partial charge is 0.227 e. The van der Waals surface area contributed by atoms with Gasteiger partial charge in [-0.15, -0.1) is 11.3 Å². The Hall–Kier alpha value is -3.27. The number of carbonyl (C=O) groups excluding carboxylic acids is 2. The van der Waals surface area contributed by atoms with E-state index in [0.717, 1.165) is 70.5 Å². The molecule has 0 bridgehead atoms. The third-order valence-electron chi connectivity index (χ3n) is 7.69. The molecular formula is C29H33N3O5S. The van der Waals surface area contributed by atoms with E-state index in [4.69, 9.17) is 9.47 Å². The number of rotatable bonds is 10. The molecule has 2 aliphatic rings. The van der Waals surface area contributed by atoms with E-state index in [-0.39, 0.29) is 18.9 Å². The van der Waals surface area contributed by atoms with Gasteiger partial charge in [0, 0.05) is 23.3 Å². The van der Waals surface area contributed by atoms with Gasteiger partial charge in [0.25, 0.3) is 0 Å². The maximum absolute atomic E-state index is 13.2. The van der Waals surface area contributed by atoms with E-state index in [1.54, 1.807) is 0 Å². The number of amides is 1. The zero-order valence-electron chi connectivity index (χ0n) is 21.6. The molecule has 1 amide bonds. The molecule has 2 aromatic carbocycles. The van der Waals surface area contributed by atoms with Crippen LogP contribution in [0.4, 0.5) is 0 Å². The number of thiazole rings is 1. The van der Waals surface area contributed by atoms with E-state index in [9.17, 15) is 14.7 Å². The van der Waals surface area contributed by atoms with Crippen molar-refractivity contribution in [3.63, 3.8) is 0 Å². The van der Waals surface area contributed by atoms with Gasteiger partial charge in [0.15, 0.2) is 0 Å². The van der Waals surface area contributed by atoms with Gasteiger partial charge < -0.3 is 29.2 Å². The minimum absolute atomic E-state index is 0.248. The van der Waals surface area contributed by atoms with Crippen LogP contribution >= 0.6 is 11.3 Å². The number of ether oxygens (including phenoxy) is 2. The average Bonchev–Trinajstić information content (AvgIpc) is 3.53. The first-order valence-electron chi connectivity index (χ1n) is 13.0. The summed E-state index contributed by atoms with van der Waals surface area (Å²) in [6.07, 6.45) is 0.484. The predicted octanol–water partition coefficient (Wildman–Crippen LogP) is 2.21. The standard InChI is InChI=1S/C29H33N3O5S/c1-32(10-13-36-14-11-32)12-15-37-24-8-6-21(7-9-24)25-20-38-26(31-25)19-30-28(35)29(18-27(33)34)16-22-4-2-3-5-23(22)17-29/h2-9,20H,10-19H2,1H3,(H-,30,33,34,35). The summed E-state index contributed by atoms with van der Waals surface area (Å²) >= 11 is 1.46. The molecule has 0 unspecified atom stereocenters. The largest absolute Gasteiger partial charge is 0.550 e. The number of nitrogens with zero attached hydrogens (tertiary/aromatic N) is 2. The van der Waals surface area contributed by atoms with Gasteiger partial charge in [0.2, 0.25) is 5.91 Å². The quantitative estimate of drug-likeness (QED) is 0.400. The molecule has 1 fully saturated rings. The lowest BCUT2D eigenvalue weighted by Gasteiger charge is -2.37. The number of fused-ring (bicyclic) bond motifs is 1. The van der Waals surface area contributed by atoms with Crippen molar-refractivity contribution in [2.24, 2.45) is 5.41 Å². The first kappa shape index (κ1) is 26.3. The number of carboxylic acids is 1. The van der Waals surface area contributed by atoms with Crippen LogP contribution in [0, 0.1) is 5.41 Å². The Morgan fingerprint density at radius 1 is 1.11 bits per heavy atom. The maximum atomic E-state index is 13.2. The average molecular weight is 536 g/mol. The summed E-state index contributed by atoms with van der Waals surface area (Å²) in [5.41, 5.74) is 2.81. The molecule has 1 aromatic heterocycles. The van der Waals surface area contributed by atoms with Crippen LogP contribution in [0.5, 0.6) is 5.75 Å². The molecule has 5 rings (SSSR count). The summed E-state index contributed by atoms with van der Waals surface area (Å²) < 4.78 is 12.4. The molecule has 200 valence electrons. The fraction of sp³-hybridized carbons (Fsp3) is 0.414. The van der Waals surface area contributed by atoms with E-state index in [1.807, 2.05) is 53.9 Å². The summed E-state index contributed by atoms with van der Waals surface area (Å²) in [6.45, 7) is 5.49. The van der Waals surface area contributed by atoms with Gasteiger partial charge in [0.05, 0.1) is 37.9 Å². The van der Waals surface area contributed by atoms with Crippen molar-refractivity contribution in [2.45, 2.75) is 25.8 Å². The van der Waals surface area contributed by atoms with E-state index in [2.05, 4.69) is 17.3 Å². The zero-order chi connectivity index (χ0) is 26.6. The highest BCUT2D eigenvalue weighted by Crippen LogP contribution is 2.40. The molecule has 1 aliphatic carbocycles. The molecule has 8 nitrogen and oxygen atoms in total. The van der Waals surface area contributed by atoms with Crippen LogP contribution in [0.25, 0.3) is 11.3 Å². The highest BCUT2D eigenvalue weighted by atomic mass is 32.1. The van der Waals surface area contributed by atoms with Gasteiger partial charge in [-0.3, -0.25) is 4.79 Å². The number of likely N-dealkylation sites (N-methyl/N-ethyl adjacent to an activating group) is 1. The van der Waals surface area contributed by atoms with Crippen molar-refractivity contribution in [1.29, 1.82) is 0 Å². The number of aliphatic carboxylic acids is 1. The first-order valence-corrected chi connectivity index (χ1v) is 13.9. The summed E-state index contributed by atoms with van der Waals surface area (Å²) in [4.78, 5) is 29.4. The number of hydrogen-bond acceptors (Lipinski definition) is 7. The summed E-state index contributed by atoms with van der Waals surface area (Å²) in [5.74, 6) is -0.662. The molecule has 0 atom stereocenters. The number of morpholine rings is 1. The number of carbonyl (C=O) groups is 2. The number of nitrogens with one attached hydrogen (secondary N) is 1. The lowest BCUT2D eigenvalue weighted by Crippen LogP contribution is -2.53. The summed E-state index contributed by atoms with van der Waals surface area (Å²) in [6, 6.07) is 15.6. The van der Waals surface area contributed by atoms with Gasteiger partial charge in [-0.2, -0.15) is 0 Å². The van der Waals surface area contributed by atoms with Gasteiger partial charge in [0.1, 0.15) is 37.0 Å². The van der Waals surface area contributed by atoms with Crippen LogP contribution in [-0.4, -0.2) is 67.8 Å². The highest BCUT2D eigenvalue weighted by molar-refractivity contribution is 7.09. The van der Waals surface area contributed by atoms with Crippen molar-refractivity contribution in [3.05, 3.63) is 70.0 Å². The Labute approximate surface area is 226 Å². The first-order chi connectivity index (χ1) is 18.3. The van der Waals surface area contributed by atoms with E-state index in [0.29, 0.717) is 19.4 Å². The normalized spacial score (nSPS) is 17.5. The van der Waals surface area contributed by atoms with E-state index in [1.165, 1.54) is 11.3 Å². The summed E-state index contributed by atoms with van der Waals surface area (Å²) in [7, 11) is 2.24. The van der Waals surface area contributed by atoms with Crippen LogP contribution in [0.15, 0.2) is 53.9 Å². The van der Waals surface area contributed by atoms with Crippen LogP contribution in [0.3, 0.4) is 0 Å². The SMILES string of the molecule is C[N+]1(CCOc2ccc(-c3csc(CNC(=O)C4(CC(=O)[O-])Cc5ccccc5C4)n3)cc2)CCOCC1. The highest BCUT2D eigenvalue weighted by Gasteiger charge is 2.43. The van der Waals surface area contributed by atoms with E-state index >= 15 is 0 Å². The van der Waals surface area contributed by atoms with E-state index < -0.39 is 11.4 Å². The number of carboxylic acid groups (broad SMARTS) is 1. The van der Waals surface area contributed by atoms with Gasteiger partial charge in [-0.1, -0.05) is 24.3 Å². The molecular weight excluding hydrogens is 502 g/mol. The molecule has 1 saturated heterocycles. The van der Waals surface area contributed by atoms with Gasteiger partial charge in [-0.05, 0) is 48.2 Å². The second-order valence-electron chi connectivity index (χ2n) is 10.5. The second-order valence-corrected chi connectivity index (χ2v) is 11.5. The van der Waals surface area contributed by atoms with Crippen molar-refractivity contribution >= 4 is 23.2 Å². The minimum Gasteiger partial charge on any atom is -0.550 e. The van der Waals surface area contributed by atoms with Crippen LogP contribution in [0.1, 0.15) is 22.6 Å². The number of aromatic nitrogens is 1. The Balaban J connectivity index is 1.15. The van der Waals surface area contributed by atoms with Gasteiger partial charge in [-0.25, -0.2) is 4.98 Å². The van der Waals surface area contributed by atoms with Gasteiger partial charge >= 0.3 is 0 Å². The van der Waals surface area contributed by atoms with Crippen LogP contribution < -0.4 is 15.2 Å². The minimum atomic E-state index is -1.21. The van der Waals surface area contributed by atoms with Crippen molar-refractivity contribution in [1.82, 2.24) is 10.3 Å². The van der Waals surface area contributed by atoms with Crippen molar-refractivity contribution < 1.29 is 28.7 Å². The van der Waals surface area contributed by atoms with Crippen molar-refractivity contribution in [2.75, 3.05) is 46.5 Å². The monoisotopic (exact) mass is 535 g/mol. The second kappa shape index (κ2) is 11.2. The third-order valence-corrected chi connectivity index (χ3v) is 8.54.